The first-order chi connectivity index (χ1) is 11.6. The summed E-state index contributed by atoms with van der Waals surface area (Å²) in [5.41, 5.74) is 2.14. The number of benzene rings is 2. The molecule has 0 saturated carbocycles. The fourth-order valence-electron chi connectivity index (χ4n) is 2.43. The summed E-state index contributed by atoms with van der Waals surface area (Å²) >= 11 is 0. The van der Waals surface area contributed by atoms with Crippen molar-refractivity contribution in [2.75, 3.05) is 14.2 Å². The number of ether oxygens (including phenoxy) is 2. The molecule has 122 valence electrons. The minimum Gasteiger partial charge on any atom is -0.497 e. The molecule has 0 saturated heterocycles. The highest BCUT2D eigenvalue weighted by Gasteiger charge is 2.11. The third-order valence-corrected chi connectivity index (χ3v) is 3.62. The summed E-state index contributed by atoms with van der Waals surface area (Å²) in [7, 11) is 3.19. The fourth-order valence-corrected chi connectivity index (χ4v) is 2.43. The molecule has 6 nitrogen and oxygen atoms in total. The zero-order chi connectivity index (χ0) is 17.1. The van der Waals surface area contributed by atoms with Gasteiger partial charge in [-0.1, -0.05) is 6.07 Å². The van der Waals surface area contributed by atoms with Crippen molar-refractivity contribution in [3.05, 3.63) is 53.3 Å². The average Bonchev–Trinajstić information content (AvgIpc) is 3.02. The normalized spacial score (nSPS) is 11.1. The summed E-state index contributed by atoms with van der Waals surface area (Å²) in [6, 6.07) is 10.5. The lowest BCUT2D eigenvalue weighted by Crippen LogP contribution is -1.96. The van der Waals surface area contributed by atoms with Crippen molar-refractivity contribution < 1.29 is 19.4 Å². The minimum absolute atomic E-state index is 0.172. The van der Waals surface area contributed by atoms with Crippen LogP contribution in [0.2, 0.25) is 0 Å². The number of aromatic carboxylic acids is 1. The number of para-hydroxylation sites is 1. The van der Waals surface area contributed by atoms with E-state index in [1.807, 2.05) is 18.2 Å². The van der Waals surface area contributed by atoms with Crippen LogP contribution in [0, 0.1) is 0 Å². The molecule has 1 aromatic heterocycles. The van der Waals surface area contributed by atoms with Gasteiger partial charge in [0.15, 0.2) is 0 Å². The van der Waals surface area contributed by atoms with Crippen molar-refractivity contribution in [3.8, 4) is 11.5 Å². The number of methoxy groups -OCH3 is 2. The molecule has 0 aliphatic heterocycles. The smallest absolute Gasteiger partial charge is 0.337 e. The van der Waals surface area contributed by atoms with Gasteiger partial charge < -0.3 is 19.6 Å². The van der Waals surface area contributed by atoms with E-state index < -0.39 is 5.97 Å². The highest BCUT2D eigenvalue weighted by Crippen LogP contribution is 2.26. The molecule has 0 aliphatic carbocycles. The molecule has 2 N–H and O–H groups in total. The molecule has 3 rings (SSSR count). The van der Waals surface area contributed by atoms with Crippen LogP contribution in [-0.2, 0) is 0 Å². The van der Waals surface area contributed by atoms with E-state index in [4.69, 9.17) is 9.47 Å². The van der Waals surface area contributed by atoms with Crippen LogP contribution in [0.4, 0.5) is 0 Å². The largest absolute Gasteiger partial charge is 0.497 e. The van der Waals surface area contributed by atoms with Crippen LogP contribution in [0.25, 0.3) is 23.2 Å². The monoisotopic (exact) mass is 324 g/mol. The van der Waals surface area contributed by atoms with Gasteiger partial charge in [-0.15, -0.1) is 0 Å². The molecular weight excluding hydrogens is 308 g/mol. The number of nitrogens with one attached hydrogen (secondary N) is 1. The molecule has 3 aromatic rings. The van der Waals surface area contributed by atoms with Gasteiger partial charge in [0.2, 0.25) is 0 Å². The Labute approximate surface area is 138 Å². The van der Waals surface area contributed by atoms with Crippen LogP contribution >= 0.6 is 0 Å². The average molecular weight is 324 g/mol. The van der Waals surface area contributed by atoms with Crippen LogP contribution in [-0.4, -0.2) is 35.3 Å². The van der Waals surface area contributed by atoms with E-state index in [0.29, 0.717) is 28.4 Å². The molecule has 0 bridgehead atoms. The van der Waals surface area contributed by atoms with Crippen molar-refractivity contribution in [1.82, 2.24) is 9.97 Å². The zero-order valence-corrected chi connectivity index (χ0v) is 13.2. The van der Waals surface area contributed by atoms with Crippen LogP contribution in [0.3, 0.4) is 0 Å². The van der Waals surface area contributed by atoms with E-state index in [9.17, 15) is 9.90 Å². The summed E-state index contributed by atoms with van der Waals surface area (Å²) in [5.74, 6) is 0.947. The van der Waals surface area contributed by atoms with Gasteiger partial charge in [-0.25, -0.2) is 9.78 Å². The van der Waals surface area contributed by atoms with Crippen molar-refractivity contribution in [1.29, 1.82) is 0 Å². The SMILES string of the molecule is COc1ccc(C=Cc2nc3c(C(=O)O)cccc3[nH]2)c(OC)c1. The Hall–Kier alpha value is -3.28. The molecule has 6 heteroatoms. The molecular formula is C18H16N2O4. The Morgan fingerprint density at radius 2 is 2.00 bits per heavy atom. The second-order valence-corrected chi connectivity index (χ2v) is 5.07. The maximum Gasteiger partial charge on any atom is 0.337 e. The van der Waals surface area contributed by atoms with Gasteiger partial charge in [0.25, 0.3) is 0 Å². The molecule has 0 amide bonds. The maximum atomic E-state index is 11.2. The Morgan fingerprint density at radius 3 is 2.71 bits per heavy atom. The number of H-pyrrole nitrogens is 1. The number of hydrogen-bond donors (Lipinski definition) is 2. The Morgan fingerprint density at radius 1 is 1.17 bits per heavy atom. The number of nitrogens with zero attached hydrogens (tertiary/aromatic N) is 1. The van der Waals surface area contributed by atoms with Gasteiger partial charge in [-0.05, 0) is 36.4 Å². The predicted octanol–water partition coefficient (Wildman–Crippen LogP) is 3.45. The van der Waals surface area contributed by atoms with Crippen molar-refractivity contribution >= 4 is 29.2 Å². The Balaban J connectivity index is 1.96. The van der Waals surface area contributed by atoms with E-state index in [-0.39, 0.29) is 5.56 Å². The number of carboxylic acid groups (broad SMARTS) is 1. The van der Waals surface area contributed by atoms with Crippen LogP contribution < -0.4 is 9.47 Å². The number of aromatic amines is 1. The molecule has 0 spiro atoms. The number of aromatic nitrogens is 2. The number of rotatable bonds is 5. The van der Waals surface area contributed by atoms with Gasteiger partial charge >= 0.3 is 5.97 Å². The standard InChI is InChI=1S/C18H16N2O4/c1-23-12-8-6-11(15(10-12)24-2)7-9-16-19-14-5-3-4-13(18(21)22)17(14)20-16/h3-10H,1-2H3,(H,19,20)(H,21,22). The highest BCUT2D eigenvalue weighted by atomic mass is 16.5. The summed E-state index contributed by atoms with van der Waals surface area (Å²) in [4.78, 5) is 18.7. The second-order valence-electron chi connectivity index (χ2n) is 5.07. The maximum absolute atomic E-state index is 11.2. The number of carboxylic acids is 1. The third kappa shape index (κ3) is 2.94. The number of imidazole rings is 1. The van der Waals surface area contributed by atoms with E-state index in [1.165, 1.54) is 6.07 Å². The van der Waals surface area contributed by atoms with E-state index in [2.05, 4.69) is 9.97 Å². The van der Waals surface area contributed by atoms with Gasteiger partial charge in [-0.3, -0.25) is 0 Å². The molecule has 0 atom stereocenters. The van der Waals surface area contributed by atoms with Crippen LogP contribution in [0.15, 0.2) is 36.4 Å². The quantitative estimate of drug-likeness (QED) is 0.751. The third-order valence-electron chi connectivity index (χ3n) is 3.62. The lowest BCUT2D eigenvalue weighted by molar-refractivity contribution is 0.0699. The minimum atomic E-state index is -1.00. The van der Waals surface area contributed by atoms with Crippen molar-refractivity contribution in [2.45, 2.75) is 0 Å². The highest BCUT2D eigenvalue weighted by molar-refractivity contribution is 6.01. The molecule has 0 aliphatic rings. The summed E-state index contributed by atoms with van der Waals surface area (Å²) in [5, 5.41) is 9.22. The number of carbonyl (C=O) groups is 1. The summed E-state index contributed by atoms with van der Waals surface area (Å²) in [6.07, 6.45) is 3.62. The first-order valence-electron chi connectivity index (χ1n) is 7.24. The van der Waals surface area contributed by atoms with Gasteiger partial charge in [0.05, 0.1) is 25.3 Å². The van der Waals surface area contributed by atoms with Gasteiger partial charge in [-0.2, -0.15) is 0 Å². The van der Waals surface area contributed by atoms with Crippen LogP contribution in [0.1, 0.15) is 21.7 Å². The predicted molar refractivity (Wildman–Crippen MR) is 91.5 cm³/mol. The molecule has 0 fully saturated rings. The molecule has 0 radical (unpaired) electrons. The van der Waals surface area contributed by atoms with E-state index in [1.54, 1.807) is 38.5 Å². The molecule has 1 heterocycles. The number of fused-ring (bicyclic) bond motifs is 1. The first-order valence-corrected chi connectivity index (χ1v) is 7.24. The molecule has 24 heavy (non-hydrogen) atoms. The number of hydrogen-bond acceptors (Lipinski definition) is 4. The van der Waals surface area contributed by atoms with Gasteiger partial charge in [0.1, 0.15) is 22.8 Å². The Kier molecular flexibility index (Phi) is 4.20. The lowest BCUT2D eigenvalue weighted by Gasteiger charge is -2.06. The topological polar surface area (TPSA) is 84.4 Å². The molecule has 0 unspecified atom stereocenters. The summed E-state index contributed by atoms with van der Waals surface area (Å²) in [6.45, 7) is 0. The fraction of sp³-hybridized carbons (Fsp3) is 0.111. The van der Waals surface area contributed by atoms with Gasteiger partial charge in [0, 0.05) is 11.6 Å². The van der Waals surface area contributed by atoms with Crippen molar-refractivity contribution in [3.63, 3.8) is 0 Å². The molecule has 2 aromatic carbocycles. The second kappa shape index (κ2) is 6.45. The first kappa shape index (κ1) is 15.6. The zero-order valence-electron chi connectivity index (χ0n) is 13.2. The Bertz CT molecular complexity index is 928. The van der Waals surface area contributed by atoms with E-state index >= 15 is 0 Å². The van der Waals surface area contributed by atoms with E-state index in [0.717, 1.165) is 5.56 Å². The summed E-state index contributed by atoms with van der Waals surface area (Å²) < 4.78 is 10.5. The van der Waals surface area contributed by atoms with Crippen molar-refractivity contribution in [2.24, 2.45) is 0 Å². The van der Waals surface area contributed by atoms with Crippen LogP contribution in [0.5, 0.6) is 11.5 Å². The lowest BCUT2D eigenvalue weighted by atomic mass is 10.1.